The molecule has 0 amide bonds. The monoisotopic (exact) mass is 333 g/mol. The number of hydrogen-bond donors (Lipinski definition) is 2. The Balaban J connectivity index is 2.02. The second-order valence-electron chi connectivity index (χ2n) is 5.41. The number of aryl methyl sites for hydroxylation is 1. The van der Waals surface area contributed by atoms with Crippen molar-refractivity contribution >= 4 is 28.7 Å². The van der Waals surface area contributed by atoms with Gasteiger partial charge in [-0.05, 0) is 24.6 Å². The molecular weight excluding hydrogens is 318 g/mol. The molecule has 0 fully saturated rings. The first-order chi connectivity index (χ1) is 10.9. The molecule has 1 aromatic carbocycles. The second kappa shape index (κ2) is 5.58. The number of anilines is 1. The molecule has 23 heavy (non-hydrogen) atoms. The number of hydrogen-bond acceptors (Lipinski definition) is 4. The third kappa shape index (κ3) is 2.63. The fraction of sp³-hybridized carbons (Fsp3) is 0.267. The summed E-state index contributed by atoms with van der Waals surface area (Å²) < 4.78 is 2.38. The molecule has 2 N–H and O–H groups in total. The molecule has 0 aliphatic carbocycles. The molecule has 2 aromatic heterocycles. The minimum atomic E-state index is -0.413. The maximum absolute atomic E-state index is 12.1. The van der Waals surface area contributed by atoms with Crippen molar-refractivity contribution in [3.63, 3.8) is 0 Å². The Labute approximate surface area is 136 Å². The summed E-state index contributed by atoms with van der Waals surface area (Å²) in [5.41, 5.74) is 0.775. The standard InChI is InChI=1S/C15H16ClN5O2/c1-8(9-5-4-6-10(16)7-9)17-14-18-11-12(19-14)20(2)15(23)21(3)13(11)22/h4-8H,1-3H3,(H2,17,18,19). The van der Waals surface area contributed by atoms with Gasteiger partial charge in [-0.15, -0.1) is 0 Å². The molecule has 0 saturated heterocycles. The van der Waals surface area contributed by atoms with Gasteiger partial charge >= 0.3 is 5.69 Å². The lowest BCUT2D eigenvalue weighted by molar-refractivity contribution is 0.708. The molecule has 0 aliphatic rings. The number of aromatic amines is 1. The fourth-order valence-electron chi connectivity index (χ4n) is 2.46. The molecule has 0 bridgehead atoms. The Morgan fingerprint density at radius 3 is 2.70 bits per heavy atom. The lowest BCUT2D eigenvalue weighted by atomic mass is 10.1. The summed E-state index contributed by atoms with van der Waals surface area (Å²) in [4.78, 5) is 31.3. The zero-order chi connectivity index (χ0) is 16.7. The van der Waals surface area contributed by atoms with Gasteiger partial charge in [0.05, 0.1) is 6.04 Å². The summed E-state index contributed by atoms with van der Waals surface area (Å²) in [6.07, 6.45) is 0. The van der Waals surface area contributed by atoms with Gasteiger partial charge in [0.1, 0.15) is 0 Å². The van der Waals surface area contributed by atoms with Crippen LogP contribution in [0.5, 0.6) is 0 Å². The van der Waals surface area contributed by atoms with E-state index in [2.05, 4.69) is 15.3 Å². The Bertz CT molecular complexity index is 1000. The highest BCUT2D eigenvalue weighted by Gasteiger charge is 2.15. The van der Waals surface area contributed by atoms with E-state index in [1.807, 2.05) is 25.1 Å². The van der Waals surface area contributed by atoms with E-state index in [0.717, 1.165) is 10.1 Å². The third-order valence-electron chi connectivity index (χ3n) is 3.80. The van der Waals surface area contributed by atoms with Gasteiger partial charge in [-0.25, -0.2) is 4.79 Å². The van der Waals surface area contributed by atoms with Crippen LogP contribution < -0.4 is 16.6 Å². The van der Waals surface area contributed by atoms with Crippen LogP contribution in [0.15, 0.2) is 33.9 Å². The number of aromatic nitrogens is 4. The second-order valence-corrected chi connectivity index (χ2v) is 5.85. The molecule has 3 rings (SSSR count). The molecule has 0 spiro atoms. The number of H-pyrrole nitrogens is 1. The molecular formula is C15H16ClN5O2. The van der Waals surface area contributed by atoms with E-state index >= 15 is 0 Å². The SMILES string of the molecule is CC(Nc1nc2c([nH]1)c(=O)n(C)c(=O)n2C)c1cccc(Cl)c1. The van der Waals surface area contributed by atoms with Crippen LogP contribution in [0.2, 0.25) is 5.02 Å². The quantitative estimate of drug-likeness (QED) is 0.765. The van der Waals surface area contributed by atoms with Crippen LogP contribution in [-0.2, 0) is 14.1 Å². The summed E-state index contributed by atoms with van der Waals surface area (Å²) in [5, 5.41) is 3.83. The van der Waals surface area contributed by atoms with Gasteiger partial charge in [-0.3, -0.25) is 13.9 Å². The Morgan fingerprint density at radius 2 is 2.00 bits per heavy atom. The van der Waals surface area contributed by atoms with Crippen LogP contribution >= 0.6 is 11.6 Å². The van der Waals surface area contributed by atoms with Gasteiger partial charge in [0.25, 0.3) is 5.56 Å². The number of nitrogens with one attached hydrogen (secondary N) is 2. The van der Waals surface area contributed by atoms with Crippen LogP contribution in [0.1, 0.15) is 18.5 Å². The van der Waals surface area contributed by atoms with Crippen molar-refractivity contribution in [2.75, 3.05) is 5.32 Å². The highest BCUT2D eigenvalue weighted by atomic mass is 35.5. The van der Waals surface area contributed by atoms with E-state index in [-0.39, 0.29) is 11.6 Å². The van der Waals surface area contributed by atoms with Crippen molar-refractivity contribution in [2.45, 2.75) is 13.0 Å². The predicted octanol–water partition coefficient (Wildman–Crippen LogP) is 1.79. The molecule has 120 valence electrons. The first kappa shape index (κ1) is 15.4. The Hall–Kier alpha value is -2.54. The van der Waals surface area contributed by atoms with E-state index in [0.29, 0.717) is 16.6 Å². The number of fused-ring (bicyclic) bond motifs is 1. The van der Waals surface area contributed by atoms with Gasteiger partial charge < -0.3 is 10.3 Å². The van der Waals surface area contributed by atoms with Crippen molar-refractivity contribution in [3.8, 4) is 0 Å². The topological polar surface area (TPSA) is 84.7 Å². The van der Waals surface area contributed by atoms with Crippen molar-refractivity contribution < 1.29 is 0 Å². The van der Waals surface area contributed by atoms with Crippen molar-refractivity contribution in [2.24, 2.45) is 14.1 Å². The van der Waals surface area contributed by atoms with E-state index in [4.69, 9.17) is 11.6 Å². The lowest BCUT2D eigenvalue weighted by Gasteiger charge is -2.13. The highest BCUT2D eigenvalue weighted by molar-refractivity contribution is 6.30. The average Bonchev–Trinajstić information content (AvgIpc) is 2.95. The third-order valence-corrected chi connectivity index (χ3v) is 4.03. The highest BCUT2D eigenvalue weighted by Crippen LogP contribution is 2.21. The number of rotatable bonds is 3. The van der Waals surface area contributed by atoms with Crippen molar-refractivity contribution in [3.05, 3.63) is 55.7 Å². The van der Waals surface area contributed by atoms with Gasteiger partial charge in [-0.2, -0.15) is 4.98 Å². The van der Waals surface area contributed by atoms with E-state index in [1.165, 1.54) is 11.6 Å². The molecule has 1 unspecified atom stereocenters. The molecule has 8 heteroatoms. The van der Waals surface area contributed by atoms with Gasteiger partial charge in [0, 0.05) is 19.1 Å². The molecule has 7 nitrogen and oxygen atoms in total. The number of benzene rings is 1. The van der Waals surface area contributed by atoms with Crippen molar-refractivity contribution in [1.29, 1.82) is 0 Å². The first-order valence-electron chi connectivity index (χ1n) is 7.06. The molecule has 0 aliphatic heterocycles. The Kier molecular flexibility index (Phi) is 3.73. The summed E-state index contributed by atoms with van der Waals surface area (Å²) in [5.74, 6) is 0.422. The van der Waals surface area contributed by atoms with Gasteiger partial charge in [0.2, 0.25) is 5.95 Å². The molecule has 0 radical (unpaired) electrons. The summed E-state index contributed by atoms with van der Waals surface area (Å²) in [6, 6.07) is 7.40. The van der Waals surface area contributed by atoms with Crippen LogP contribution in [-0.4, -0.2) is 19.1 Å². The lowest BCUT2D eigenvalue weighted by Crippen LogP contribution is -2.36. The van der Waals surface area contributed by atoms with Gasteiger partial charge in [0.15, 0.2) is 11.2 Å². The molecule has 2 heterocycles. The van der Waals surface area contributed by atoms with E-state index in [9.17, 15) is 9.59 Å². The number of halogens is 1. The van der Waals surface area contributed by atoms with Crippen LogP contribution in [0.3, 0.4) is 0 Å². The van der Waals surface area contributed by atoms with Crippen LogP contribution in [0, 0.1) is 0 Å². The van der Waals surface area contributed by atoms with Gasteiger partial charge in [-0.1, -0.05) is 23.7 Å². The zero-order valence-electron chi connectivity index (χ0n) is 12.9. The predicted molar refractivity (Wildman–Crippen MR) is 90.1 cm³/mol. The van der Waals surface area contributed by atoms with Crippen molar-refractivity contribution in [1.82, 2.24) is 19.1 Å². The number of nitrogens with zero attached hydrogens (tertiary/aromatic N) is 3. The van der Waals surface area contributed by atoms with E-state index in [1.54, 1.807) is 13.1 Å². The maximum Gasteiger partial charge on any atom is 0.332 e. The minimum absolute atomic E-state index is 0.0739. The van der Waals surface area contributed by atoms with Crippen LogP contribution in [0.4, 0.5) is 5.95 Å². The Morgan fingerprint density at radius 1 is 1.26 bits per heavy atom. The fourth-order valence-corrected chi connectivity index (χ4v) is 2.66. The van der Waals surface area contributed by atoms with Crippen LogP contribution in [0.25, 0.3) is 11.2 Å². The minimum Gasteiger partial charge on any atom is -0.349 e. The zero-order valence-corrected chi connectivity index (χ0v) is 13.7. The first-order valence-corrected chi connectivity index (χ1v) is 7.44. The average molecular weight is 334 g/mol. The smallest absolute Gasteiger partial charge is 0.332 e. The summed E-state index contributed by atoms with van der Waals surface area (Å²) in [6.45, 7) is 1.95. The maximum atomic E-state index is 12.1. The van der Waals surface area contributed by atoms with E-state index < -0.39 is 11.2 Å². The summed E-state index contributed by atoms with van der Waals surface area (Å²) >= 11 is 6.00. The molecule has 1 atom stereocenters. The largest absolute Gasteiger partial charge is 0.349 e. The summed E-state index contributed by atoms with van der Waals surface area (Å²) in [7, 11) is 3.02. The number of imidazole rings is 1. The molecule has 3 aromatic rings. The molecule has 0 saturated carbocycles. The normalized spacial score (nSPS) is 12.5.